The number of ketones is 4. The molecular weight excluding hydrogens is 327 g/mol. The van der Waals surface area contributed by atoms with Gasteiger partial charge in [-0.05, 0) is 32.6 Å². The van der Waals surface area contributed by atoms with Gasteiger partial charge in [-0.3, -0.25) is 9.59 Å². The molecule has 4 nitrogen and oxygen atoms in total. The third kappa shape index (κ3) is 5.81. The van der Waals surface area contributed by atoms with Gasteiger partial charge in [0.15, 0.2) is 10.1 Å². The molecule has 0 aromatic heterocycles. The molecule has 0 aliphatic heterocycles. The first-order chi connectivity index (χ1) is 10.1. The number of rotatable bonds is 6. The van der Waals surface area contributed by atoms with Gasteiger partial charge in [-0.25, -0.2) is 0 Å². The van der Waals surface area contributed by atoms with Crippen LogP contribution in [0, 0.1) is 11.8 Å². The van der Waals surface area contributed by atoms with Gasteiger partial charge in [-0.2, -0.15) is 0 Å². The number of carbonyl (C=O) groups is 4. The standard InChI is InChI=1S/C8H10Cl2O2.C8H12O2/c1-5(11)2-3-6-4-7(12)8(6,9)10;1-6(9)2-3-7-4-8(10)5-7/h6H,2-4H2,1H3;7H,2-5H2,1H3. The molecule has 6 heteroatoms. The molecule has 0 N–H and O–H groups in total. The molecule has 0 bridgehead atoms. The number of hydrogen-bond donors (Lipinski definition) is 0. The highest BCUT2D eigenvalue weighted by Gasteiger charge is 2.51. The van der Waals surface area contributed by atoms with E-state index in [9.17, 15) is 19.2 Å². The Labute approximate surface area is 140 Å². The maximum absolute atomic E-state index is 10.9. The minimum atomic E-state index is -1.21. The lowest BCUT2D eigenvalue weighted by Crippen LogP contribution is -2.47. The fourth-order valence-electron chi connectivity index (χ4n) is 2.44. The maximum atomic E-state index is 10.9. The van der Waals surface area contributed by atoms with Crippen molar-refractivity contribution in [3.63, 3.8) is 0 Å². The van der Waals surface area contributed by atoms with E-state index in [1.807, 2.05) is 0 Å². The van der Waals surface area contributed by atoms with E-state index in [4.69, 9.17) is 23.2 Å². The van der Waals surface area contributed by atoms with Gasteiger partial charge in [0.25, 0.3) is 0 Å². The minimum Gasteiger partial charge on any atom is -0.300 e. The zero-order chi connectivity index (χ0) is 16.9. The lowest BCUT2D eigenvalue weighted by atomic mass is 9.79. The van der Waals surface area contributed by atoms with Crippen molar-refractivity contribution in [3.05, 3.63) is 0 Å². The number of halogens is 2. The monoisotopic (exact) mass is 348 g/mol. The minimum absolute atomic E-state index is 0.0303. The zero-order valence-electron chi connectivity index (χ0n) is 13.0. The average molecular weight is 349 g/mol. The molecule has 0 spiro atoms. The van der Waals surface area contributed by atoms with Crippen molar-refractivity contribution in [3.8, 4) is 0 Å². The smallest absolute Gasteiger partial charge is 0.179 e. The van der Waals surface area contributed by atoms with Crippen molar-refractivity contribution < 1.29 is 19.2 Å². The zero-order valence-corrected chi connectivity index (χ0v) is 14.5. The Morgan fingerprint density at radius 2 is 1.50 bits per heavy atom. The molecule has 0 aromatic carbocycles. The number of alkyl halides is 2. The summed E-state index contributed by atoms with van der Waals surface area (Å²) in [5.74, 6) is 1.07. The van der Waals surface area contributed by atoms with E-state index >= 15 is 0 Å². The van der Waals surface area contributed by atoms with Crippen molar-refractivity contribution in [2.24, 2.45) is 11.8 Å². The molecule has 1 atom stereocenters. The summed E-state index contributed by atoms with van der Waals surface area (Å²) in [5, 5.41) is 0. The Morgan fingerprint density at radius 1 is 1.00 bits per heavy atom. The molecule has 2 fully saturated rings. The molecule has 22 heavy (non-hydrogen) atoms. The Balaban J connectivity index is 0.000000224. The van der Waals surface area contributed by atoms with E-state index in [1.54, 1.807) is 6.92 Å². The van der Waals surface area contributed by atoms with Gasteiger partial charge in [0.05, 0.1) is 0 Å². The number of Topliss-reactive ketones (excluding diaryl/α,β-unsaturated/α-hetero) is 4. The Kier molecular flexibility index (Phi) is 7.20. The first-order valence-corrected chi connectivity index (χ1v) is 8.30. The summed E-state index contributed by atoms with van der Waals surface area (Å²) in [6.45, 7) is 3.12. The fourth-order valence-corrected chi connectivity index (χ4v) is 2.97. The molecule has 2 saturated carbocycles. The van der Waals surface area contributed by atoms with Crippen LogP contribution in [0.25, 0.3) is 0 Å². The molecule has 0 saturated heterocycles. The van der Waals surface area contributed by atoms with Crippen LogP contribution in [0.2, 0.25) is 0 Å². The predicted molar refractivity (Wildman–Crippen MR) is 85.1 cm³/mol. The average Bonchev–Trinajstić information content (AvgIpc) is 2.38. The van der Waals surface area contributed by atoms with Gasteiger partial charge in [0.1, 0.15) is 17.3 Å². The van der Waals surface area contributed by atoms with Crippen molar-refractivity contribution >= 4 is 46.3 Å². The van der Waals surface area contributed by atoms with Crippen LogP contribution < -0.4 is 0 Å². The largest absolute Gasteiger partial charge is 0.300 e. The molecule has 124 valence electrons. The lowest BCUT2D eigenvalue weighted by Gasteiger charge is -2.37. The second-order valence-corrected chi connectivity index (χ2v) is 7.63. The molecule has 1 unspecified atom stereocenters. The molecule has 0 heterocycles. The fraction of sp³-hybridized carbons (Fsp3) is 0.750. The van der Waals surface area contributed by atoms with E-state index in [-0.39, 0.29) is 23.3 Å². The molecule has 2 aliphatic carbocycles. The van der Waals surface area contributed by atoms with E-state index in [1.165, 1.54) is 6.92 Å². The highest BCUT2D eigenvalue weighted by atomic mass is 35.5. The molecule has 0 amide bonds. The van der Waals surface area contributed by atoms with E-state index < -0.39 is 4.33 Å². The van der Waals surface area contributed by atoms with Gasteiger partial charge in [0, 0.05) is 38.0 Å². The number of hydrogen-bond acceptors (Lipinski definition) is 4. The lowest BCUT2D eigenvalue weighted by molar-refractivity contribution is -0.129. The van der Waals surface area contributed by atoms with E-state index in [0.29, 0.717) is 50.2 Å². The second kappa shape index (κ2) is 8.21. The molecule has 0 aromatic rings. The molecular formula is C16H22Cl2O4. The summed E-state index contributed by atoms with van der Waals surface area (Å²) in [5.41, 5.74) is 0. The van der Waals surface area contributed by atoms with Crippen LogP contribution in [0.4, 0.5) is 0 Å². The normalized spacial score (nSPS) is 23.0. The van der Waals surface area contributed by atoms with Gasteiger partial charge < -0.3 is 9.59 Å². The first kappa shape index (κ1) is 19.3. The highest BCUT2D eigenvalue weighted by Crippen LogP contribution is 2.46. The highest BCUT2D eigenvalue weighted by molar-refractivity contribution is 6.60. The van der Waals surface area contributed by atoms with Crippen molar-refractivity contribution in [2.45, 2.75) is 63.1 Å². The molecule has 2 rings (SSSR count). The van der Waals surface area contributed by atoms with Gasteiger partial charge in [0.2, 0.25) is 0 Å². The molecule has 0 radical (unpaired) electrons. The third-order valence-corrected chi connectivity index (χ3v) is 5.14. The van der Waals surface area contributed by atoms with Crippen molar-refractivity contribution in [2.75, 3.05) is 0 Å². The second-order valence-electron chi connectivity index (χ2n) is 6.24. The van der Waals surface area contributed by atoms with Gasteiger partial charge in [-0.1, -0.05) is 23.2 Å². The van der Waals surface area contributed by atoms with Crippen LogP contribution in [0.3, 0.4) is 0 Å². The Bertz CT molecular complexity index is 463. The first-order valence-electron chi connectivity index (χ1n) is 7.54. The summed E-state index contributed by atoms with van der Waals surface area (Å²) >= 11 is 11.4. The van der Waals surface area contributed by atoms with Crippen LogP contribution in [-0.2, 0) is 19.2 Å². The topological polar surface area (TPSA) is 68.3 Å². The van der Waals surface area contributed by atoms with Crippen molar-refractivity contribution in [1.82, 2.24) is 0 Å². The molecule has 2 aliphatic rings. The SMILES string of the molecule is CC(=O)CCC1CC(=O)C1.CC(=O)CCC1CC(=O)C1(Cl)Cl. The summed E-state index contributed by atoms with van der Waals surface area (Å²) in [6.07, 6.45) is 4.49. The van der Waals surface area contributed by atoms with Gasteiger partial charge in [-0.15, -0.1) is 0 Å². The maximum Gasteiger partial charge on any atom is 0.179 e. The number of carbonyl (C=O) groups excluding carboxylic acids is 4. The van der Waals surface area contributed by atoms with Crippen LogP contribution >= 0.6 is 23.2 Å². The summed E-state index contributed by atoms with van der Waals surface area (Å²) < 4.78 is -1.21. The van der Waals surface area contributed by atoms with Crippen LogP contribution in [0.1, 0.15) is 58.8 Å². The van der Waals surface area contributed by atoms with E-state index in [2.05, 4.69) is 0 Å². The third-order valence-electron chi connectivity index (χ3n) is 4.10. The Morgan fingerprint density at radius 3 is 1.86 bits per heavy atom. The van der Waals surface area contributed by atoms with Crippen molar-refractivity contribution in [1.29, 1.82) is 0 Å². The van der Waals surface area contributed by atoms with Gasteiger partial charge >= 0.3 is 0 Å². The van der Waals surface area contributed by atoms with Crippen LogP contribution in [0.5, 0.6) is 0 Å². The Hall–Kier alpha value is -0.740. The summed E-state index contributed by atoms with van der Waals surface area (Å²) in [4.78, 5) is 42.4. The summed E-state index contributed by atoms with van der Waals surface area (Å²) in [6, 6.07) is 0. The van der Waals surface area contributed by atoms with E-state index in [0.717, 1.165) is 6.42 Å². The van der Waals surface area contributed by atoms with Crippen LogP contribution in [-0.4, -0.2) is 27.5 Å². The predicted octanol–water partition coefficient (Wildman–Crippen LogP) is 3.45. The quantitative estimate of drug-likeness (QED) is 0.689. The summed E-state index contributed by atoms with van der Waals surface area (Å²) in [7, 11) is 0. The van der Waals surface area contributed by atoms with Crippen LogP contribution in [0.15, 0.2) is 0 Å².